The second kappa shape index (κ2) is 7.36. The van der Waals surface area contributed by atoms with Crippen molar-refractivity contribution in [1.82, 2.24) is 19.4 Å². The fraction of sp³-hybridized carbons (Fsp3) is 0.533. The van der Waals surface area contributed by atoms with E-state index in [0.717, 1.165) is 24.0 Å². The fourth-order valence-corrected chi connectivity index (χ4v) is 2.49. The molecule has 1 N–H and O–H groups in total. The summed E-state index contributed by atoms with van der Waals surface area (Å²) < 4.78 is 28.4. The highest BCUT2D eigenvalue weighted by molar-refractivity contribution is 5.16. The zero-order valence-electron chi connectivity index (χ0n) is 12.5. The van der Waals surface area contributed by atoms with Crippen LogP contribution in [0.4, 0.5) is 8.78 Å². The smallest absolute Gasteiger partial charge is 0.319 e. The van der Waals surface area contributed by atoms with Crippen LogP contribution in [0, 0.1) is 0 Å². The van der Waals surface area contributed by atoms with Crippen molar-refractivity contribution < 1.29 is 8.78 Å². The van der Waals surface area contributed by atoms with E-state index in [1.54, 1.807) is 0 Å². The van der Waals surface area contributed by atoms with E-state index in [2.05, 4.69) is 24.1 Å². The minimum Gasteiger partial charge on any atom is -0.346 e. The molecule has 0 aliphatic carbocycles. The lowest BCUT2D eigenvalue weighted by molar-refractivity contribution is 0.0667. The Balaban J connectivity index is 2.10. The summed E-state index contributed by atoms with van der Waals surface area (Å²) in [7, 11) is 0. The van der Waals surface area contributed by atoms with Gasteiger partial charge in [0.25, 0.3) is 0 Å². The van der Waals surface area contributed by atoms with Crippen LogP contribution < -0.4 is 5.32 Å². The number of nitrogens with one attached hydrogen (secondary N) is 1. The highest BCUT2D eigenvalue weighted by atomic mass is 19.3. The molecular formula is C15H22F2N4. The van der Waals surface area contributed by atoms with Crippen LogP contribution in [-0.4, -0.2) is 20.7 Å². The van der Waals surface area contributed by atoms with Gasteiger partial charge in [0.1, 0.15) is 5.82 Å². The molecule has 1 unspecified atom stereocenters. The molecule has 0 amide bonds. The molecule has 0 aromatic carbocycles. The zero-order valence-corrected chi connectivity index (χ0v) is 12.5. The Labute approximate surface area is 123 Å². The van der Waals surface area contributed by atoms with Gasteiger partial charge in [0.05, 0.1) is 6.54 Å². The summed E-state index contributed by atoms with van der Waals surface area (Å²) in [6.45, 7) is 2.94. The van der Waals surface area contributed by atoms with Gasteiger partial charge in [-0.1, -0.05) is 20.3 Å². The van der Waals surface area contributed by atoms with E-state index >= 15 is 0 Å². The van der Waals surface area contributed by atoms with Crippen molar-refractivity contribution in [3.8, 4) is 0 Å². The first-order valence-electron chi connectivity index (χ1n) is 7.34. The molecule has 2 rings (SSSR count). The van der Waals surface area contributed by atoms with Gasteiger partial charge >= 0.3 is 6.55 Å². The predicted octanol–water partition coefficient (Wildman–Crippen LogP) is 3.58. The van der Waals surface area contributed by atoms with Gasteiger partial charge in [0, 0.05) is 30.8 Å². The predicted molar refractivity (Wildman–Crippen MR) is 78.3 cm³/mol. The molecule has 21 heavy (non-hydrogen) atoms. The molecule has 116 valence electrons. The van der Waals surface area contributed by atoms with Crippen molar-refractivity contribution in [2.24, 2.45) is 0 Å². The molecule has 0 saturated carbocycles. The van der Waals surface area contributed by atoms with Gasteiger partial charge in [-0.2, -0.15) is 8.78 Å². The molecule has 0 radical (unpaired) electrons. The number of nitrogens with zero attached hydrogens (tertiary/aromatic N) is 3. The summed E-state index contributed by atoms with van der Waals surface area (Å²) in [5.74, 6) is 0.364. The second-order valence-corrected chi connectivity index (χ2v) is 5.04. The summed E-state index contributed by atoms with van der Waals surface area (Å²) in [6, 6.07) is 2.36. The van der Waals surface area contributed by atoms with Crippen LogP contribution in [-0.2, 0) is 6.54 Å². The van der Waals surface area contributed by atoms with Crippen molar-refractivity contribution in [3.05, 3.63) is 42.2 Å². The molecule has 2 aromatic rings. The average molecular weight is 296 g/mol. The van der Waals surface area contributed by atoms with Crippen LogP contribution in [0.5, 0.6) is 0 Å². The molecular weight excluding hydrogens is 274 g/mol. The third-order valence-electron chi connectivity index (χ3n) is 3.49. The highest BCUT2D eigenvalue weighted by Crippen LogP contribution is 2.20. The Kier molecular flexibility index (Phi) is 5.50. The lowest BCUT2D eigenvalue weighted by Gasteiger charge is -2.15. The maximum absolute atomic E-state index is 12.8. The summed E-state index contributed by atoms with van der Waals surface area (Å²) in [6.07, 6.45) is 8.79. The SMILES string of the molecule is CCCC(NCC)c1ccn(Cc2nccn2C(F)F)c1. The number of imidazole rings is 1. The molecule has 1 atom stereocenters. The van der Waals surface area contributed by atoms with Crippen LogP contribution in [0.2, 0.25) is 0 Å². The lowest BCUT2D eigenvalue weighted by atomic mass is 10.1. The molecule has 0 saturated heterocycles. The Morgan fingerprint density at radius 1 is 1.29 bits per heavy atom. The van der Waals surface area contributed by atoms with Gasteiger partial charge in [-0.25, -0.2) is 4.98 Å². The Morgan fingerprint density at radius 2 is 2.10 bits per heavy atom. The van der Waals surface area contributed by atoms with Gasteiger partial charge in [0.15, 0.2) is 0 Å². The number of halogens is 2. The summed E-state index contributed by atoms with van der Waals surface area (Å²) in [5, 5.41) is 3.45. The number of alkyl halides is 2. The van der Waals surface area contributed by atoms with Crippen LogP contribution in [0.1, 0.15) is 50.7 Å². The topological polar surface area (TPSA) is 34.8 Å². The fourth-order valence-electron chi connectivity index (χ4n) is 2.49. The van der Waals surface area contributed by atoms with Gasteiger partial charge in [-0.05, 0) is 24.6 Å². The number of rotatable bonds is 8. The maximum atomic E-state index is 12.8. The van der Waals surface area contributed by atoms with Gasteiger partial charge in [0.2, 0.25) is 0 Å². The molecule has 0 aliphatic heterocycles. The zero-order chi connectivity index (χ0) is 15.2. The van der Waals surface area contributed by atoms with E-state index in [1.807, 2.05) is 23.0 Å². The van der Waals surface area contributed by atoms with E-state index < -0.39 is 6.55 Å². The largest absolute Gasteiger partial charge is 0.346 e. The van der Waals surface area contributed by atoms with E-state index in [0.29, 0.717) is 18.4 Å². The molecule has 6 heteroatoms. The van der Waals surface area contributed by atoms with Crippen molar-refractivity contribution in [3.63, 3.8) is 0 Å². The number of aromatic nitrogens is 3. The van der Waals surface area contributed by atoms with Crippen molar-refractivity contribution in [2.45, 2.75) is 45.8 Å². The van der Waals surface area contributed by atoms with Crippen molar-refractivity contribution in [1.29, 1.82) is 0 Å². The first-order valence-corrected chi connectivity index (χ1v) is 7.34. The summed E-state index contributed by atoms with van der Waals surface area (Å²) >= 11 is 0. The van der Waals surface area contributed by atoms with Gasteiger partial charge in [-0.3, -0.25) is 4.57 Å². The summed E-state index contributed by atoms with van der Waals surface area (Å²) in [4.78, 5) is 4.01. The van der Waals surface area contributed by atoms with E-state index in [-0.39, 0.29) is 0 Å². The molecule has 2 heterocycles. The van der Waals surface area contributed by atoms with Crippen LogP contribution in [0.15, 0.2) is 30.9 Å². The average Bonchev–Trinajstić information content (AvgIpc) is 3.08. The molecule has 0 fully saturated rings. The lowest BCUT2D eigenvalue weighted by Crippen LogP contribution is -2.20. The number of hydrogen-bond donors (Lipinski definition) is 1. The number of hydrogen-bond acceptors (Lipinski definition) is 2. The first-order chi connectivity index (χ1) is 10.2. The third-order valence-corrected chi connectivity index (χ3v) is 3.49. The maximum Gasteiger partial charge on any atom is 0.319 e. The minimum atomic E-state index is -2.55. The van der Waals surface area contributed by atoms with Crippen molar-refractivity contribution in [2.75, 3.05) is 6.54 Å². The van der Waals surface area contributed by atoms with Crippen molar-refractivity contribution >= 4 is 0 Å². The van der Waals surface area contributed by atoms with E-state index in [1.165, 1.54) is 18.0 Å². The highest BCUT2D eigenvalue weighted by Gasteiger charge is 2.14. The normalized spacial score (nSPS) is 13.0. The van der Waals surface area contributed by atoms with E-state index in [9.17, 15) is 8.78 Å². The Hall–Kier alpha value is -1.69. The van der Waals surface area contributed by atoms with E-state index in [4.69, 9.17) is 0 Å². The molecule has 2 aromatic heterocycles. The standard InChI is InChI=1S/C15H22F2N4/c1-3-5-13(18-4-2)12-6-8-20(10-12)11-14-19-7-9-21(14)15(16)17/h6-10,13,15,18H,3-5,11H2,1-2H3. The Morgan fingerprint density at radius 3 is 2.76 bits per heavy atom. The molecule has 0 spiro atoms. The second-order valence-electron chi connectivity index (χ2n) is 5.04. The first kappa shape index (κ1) is 15.7. The molecule has 4 nitrogen and oxygen atoms in total. The van der Waals surface area contributed by atoms with Crippen LogP contribution >= 0.6 is 0 Å². The van der Waals surface area contributed by atoms with Gasteiger partial charge < -0.3 is 9.88 Å². The third kappa shape index (κ3) is 3.91. The molecule has 0 aliphatic rings. The van der Waals surface area contributed by atoms with Crippen LogP contribution in [0.25, 0.3) is 0 Å². The van der Waals surface area contributed by atoms with Gasteiger partial charge in [-0.15, -0.1) is 0 Å². The molecule has 0 bridgehead atoms. The minimum absolute atomic E-state index is 0.316. The monoisotopic (exact) mass is 296 g/mol. The Bertz CT molecular complexity index is 541. The quantitative estimate of drug-likeness (QED) is 0.808. The summed E-state index contributed by atoms with van der Waals surface area (Å²) in [5.41, 5.74) is 1.19. The van der Waals surface area contributed by atoms with Crippen LogP contribution in [0.3, 0.4) is 0 Å².